The molecule has 0 nitrogen and oxygen atoms in total. The Morgan fingerprint density at radius 1 is 1.33 bits per heavy atom. The second kappa shape index (κ2) is 5.04. The van der Waals surface area contributed by atoms with Crippen LogP contribution in [0.2, 0.25) is 0 Å². The van der Waals surface area contributed by atoms with E-state index in [1.54, 1.807) is 11.8 Å². The Kier molecular flexibility index (Phi) is 3.95. The molecule has 0 saturated heterocycles. The van der Waals surface area contributed by atoms with Gasteiger partial charge in [0.1, 0.15) is 0 Å². The maximum Gasteiger partial charge on any atom is 0.0116 e. The highest BCUT2D eigenvalue weighted by atomic mass is 32.2. The summed E-state index contributed by atoms with van der Waals surface area (Å²) in [6.45, 7) is 4.34. The SMILES string of the molecule is CC/C(C)=C\Sc1ccccc1. The lowest BCUT2D eigenvalue weighted by molar-refractivity contribution is 1.11. The van der Waals surface area contributed by atoms with E-state index in [1.165, 1.54) is 10.5 Å². The highest BCUT2D eigenvalue weighted by molar-refractivity contribution is 8.02. The summed E-state index contributed by atoms with van der Waals surface area (Å²) in [5.74, 6) is 0. The lowest BCUT2D eigenvalue weighted by Crippen LogP contribution is -1.69. The maximum absolute atomic E-state index is 2.22. The van der Waals surface area contributed by atoms with Crippen LogP contribution in [0.25, 0.3) is 0 Å². The van der Waals surface area contributed by atoms with Gasteiger partial charge in [-0.1, -0.05) is 42.5 Å². The van der Waals surface area contributed by atoms with Gasteiger partial charge < -0.3 is 0 Å². The number of hydrogen-bond donors (Lipinski definition) is 0. The Balaban J connectivity index is 2.54. The molecule has 0 aromatic heterocycles. The van der Waals surface area contributed by atoms with Gasteiger partial charge in [-0.2, -0.15) is 0 Å². The minimum Gasteiger partial charge on any atom is -0.0981 e. The smallest absolute Gasteiger partial charge is 0.0116 e. The standard InChI is InChI=1S/C11H14S/c1-3-10(2)9-12-11-7-5-4-6-8-11/h4-9H,3H2,1-2H3/b10-9-. The van der Waals surface area contributed by atoms with Crippen LogP contribution in [-0.4, -0.2) is 0 Å². The van der Waals surface area contributed by atoms with Crippen LogP contribution < -0.4 is 0 Å². The zero-order chi connectivity index (χ0) is 8.81. The van der Waals surface area contributed by atoms with Crippen LogP contribution in [0.1, 0.15) is 20.3 Å². The molecule has 12 heavy (non-hydrogen) atoms. The van der Waals surface area contributed by atoms with Gasteiger partial charge in [-0.05, 0) is 30.9 Å². The van der Waals surface area contributed by atoms with E-state index in [0.29, 0.717) is 0 Å². The average Bonchev–Trinajstić information content (AvgIpc) is 2.16. The lowest BCUT2D eigenvalue weighted by Gasteiger charge is -1.96. The van der Waals surface area contributed by atoms with Gasteiger partial charge in [0.15, 0.2) is 0 Å². The minimum absolute atomic E-state index is 1.14. The summed E-state index contributed by atoms with van der Waals surface area (Å²) < 4.78 is 0. The molecular formula is C11H14S. The largest absolute Gasteiger partial charge is 0.0981 e. The normalized spacial score (nSPS) is 11.7. The van der Waals surface area contributed by atoms with Gasteiger partial charge >= 0.3 is 0 Å². The molecule has 0 radical (unpaired) electrons. The number of allylic oxidation sites excluding steroid dienone is 1. The number of rotatable bonds is 3. The Bertz CT molecular complexity index is 249. The first-order valence-electron chi connectivity index (χ1n) is 4.20. The first-order chi connectivity index (χ1) is 5.83. The monoisotopic (exact) mass is 178 g/mol. The molecule has 0 amide bonds. The van der Waals surface area contributed by atoms with E-state index in [2.05, 4.69) is 43.5 Å². The molecule has 1 aromatic rings. The van der Waals surface area contributed by atoms with Crippen LogP contribution in [0, 0.1) is 0 Å². The molecule has 0 N–H and O–H groups in total. The summed E-state index contributed by atoms with van der Waals surface area (Å²) in [6, 6.07) is 10.4. The molecular weight excluding hydrogens is 164 g/mol. The number of hydrogen-bond acceptors (Lipinski definition) is 1. The maximum atomic E-state index is 2.22. The molecule has 1 aromatic carbocycles. The molecule has 0 aliphatic carbocycles. The van der Waals surface area contributed by atoms with Crippen LogP contribution in [0.15, 0.2) is 46.2 Å². The summed E-state index contributed by atoms with van der Waals surface area (Å²) in [5, 5.41) is 2.22. The van der Waals surface area contributed by atoms with Crippen molar-refractivity contribution in [1.29, 1.82) is 0 Å². The number of thioether (sulfide) groups is 1. The van der Waals surface area contributed by atoms with Gasteiger partial charge in [0, 0.05) is 4.90 Å². The second-order valence-corrected chi connectivity index (χ2v) is 3.69. The molecule has 0 aliphatic rings. The van der Waals surface area contributed by atoms with Crippen LogP contribution in [0.5, 0.6) is 0 Å². The summed E-state index contributed by atoms with van der Waals surface area (Å²) >= 11 is 1.79. The molecule has 0 fully saturated rings. The Morgan fingerprint density at radius 2 is 2.00 bits per heavy atom. The fourth-order valence-electron chi connectivity index (χ4n) is 0.751. The summed E-state index contributed by atoms with van der Waals surface area (Å²) in [4.78, 5) is 1.31. The van der Waals surface area contributed by atoms with Crippen molar-refractivity contribution in [3.8, 4) is 0 Å². The Labute approximate surface area is 78.7 Å². The van der Waals surface area contributed by atoms with E-state index < -0.39 is 0 Å². The highest BCUT2D eigenvalue weighted by Gasteiger charge is 1.88. The zero-order valence-electron chi connectivity index (χ0n) is 7.58. The van der Waals surface area contributed by atoms with E-state index in [9.17, 15) is 0 Å². The lowest BCUT2D eigenvalue weighted by atomic mass is 10.3. The van der Waals surface area contributed by atoms with Gasteiger partial charge in [0.05, 0.1) is 0 Å². The summed E-state index contributed by atoms with van der Waals surface area (Å²) in [7, 11) is 0. The summed E-state index contributed by atoms with van der Waals surface area (Å²) in [5.41, 5.74) is 1.43. The van der Waals surface area contributed by atoms with Crippen molar-refractivity contribution >= 4 is 11.8 Å². The van der Waals surface area contributed by atoms with Crippen molar-refractivity contribution < 1.29 is 0 Å². The molecule has 0 bridgehead atoms. The second-order valence-electron chi connectivity index (χ2n) is 2.75. The van der Waals surface area contributed by atoms with Gasteiger partial charge in [-0.15, -0.1) is 0 Å². The molecule has 1 rings (SSSR count). The quantitative estimate of drug-likeness (QED) is 0.628. The third-order valence-electron chi connectivity index (χ3n) is 1.70. The molecule has 0 spiro atoms. The third-order valence-corrected chi connectivity index (χ3v) is 2.76. The molecule has 1 heteroatoms. The van der Waals surface area contributed by atoms with E-state index in [1.807, 2.05) is 6.07 Å². The van der Waals surface area contributed by atoms with Crippen molar-refractivity contribution in [2.24, 2.45) is 0 Å². The van der Waals surface area contributed by atoms with Crippen LogP contribution >= 0.6 is 11.8 Å². The van der Waals surface area contributed by atoms with Gasteiger partial charge in [-0.25, -0.2) is 0 Å². The van der Waals surface area contributed by atoms with Crippen molar-refractivity contribution in [2.75, 3.05) is 0 Å². The van der Waals surface area contributed by atoms with Gasteiger partial charge in [0.2, 0.25) is 0 Å². The molecule has 0 saturated carbocycles. The zero-order valence-corrected chi connectivity index (χ0v) is 8.40. The van der Waals surface area contributed by atoms with Crippen molar-refractivity contribution in [2.45, 2.75) is 25.2 Å². The first kappa shape index (κ1) is 9.40. The minimum atomic E-state index is 1.14. The van der Waals surface area contributed by atoms with Gasteiger partial charge in [0.25, 0.3) is 0 Å². The molecule has 0 unspecified atom stereocenters. The van der Waals surface area contributed by atoms with Crippen molar-refractivity contribution in [1.82, 2.24) is 0 Å². The first-order valence-corrected chi connectivity index (χ1v) is 5.08. The predicted octanol–water partition coefficient (Wildman–Crippen LogP) is 4.09. The van der Waals surface area contributed by atoms with E-state index in [-0.39, 0.29) is 0 Å². The van der Waals surface area contributed by atoms with E-state index >= 15 is 0 Å². The van der Waals surface area contributed by atoms with Gasteiger partial charge in [-0.3, -0.25) is 0 Å². The van der Waals surface area contributed by atoms with E-state index in [4.69, 9.17) is 0 Å². The molecule has 64 valence electrons. The Morgan fingerprint density at radius 3 is 2.58 bits per heavy atom. The number of benzene rings is 1. The molecule has 0 atom stereocenters. The fourth-order valence-corrected chi connectivity index (χ4v) is 1.57. The van der Waals surface area contributed by atoms with Crippen LogP contribution in [-0.2, 0) is 0 Å². The summed E-state index contributed by atoms with van der Waals surface area (Å²) in [6.07, 6.45) is 1.14. The van der Waals surface area contributed by atoms with Crippen molar-refractivity contribution in [3.63, 3.8) is 0 Å². The highest BCUT2D eigenvalue weighted by Crippen LogP contribution is 2.20. The molecule has 0 aliphatic heterocycles. The van der Waals surface area contributed by atoms with Crippen LogP contribution in [0.3, 0.4) is 0 Å². The van der Waals surface area contributed by atoms with Crippen molar-refractivity contribution in [3.05, 3.63) is 41.3 Å². The van der Waals surface area contributed by atoms with Crippen LogP contribution in [0.4, 0.5) is 0 Å². The fraction of sp³-hybridized carbons (Fsp3) is 0.273. The van der Waals surface area contributed by atoms with E-state index in [0.717, 1.165) is 6.42 Å². The third kappa shape index (κ3) is 3.14. The Hall–Kier alpha value is -0.690. The average molecular weight is 178 g/mol. The topological polar surface area (TPSA) is 0 Å². The molecule has 0 heterocycles. The predicted molar refractivity (Wildman–Crippen MR) is 56.3 cm³/mol.